The van der Waals surface area contributed by atoms with Crippen LogP contribution in [0.15, 0.2) is 48.5 Å². The second kappa shape index (κ2) is 7.81. The molecule has 2 rings (SSSR count). The van der Waals surface area contributed by atoms with Gasteiger partial charge < -0.3 is 5.32 Å². The topological polar surface area (TPSA) is 63.2 Å². The number of nitrogens with one attached hydrogen (secondary N) is 1. The first-order valence-corrected chi connectivity index (χ1v) is 9.38. The molecule has 1 amide bonds. The Balaban J connectivity index is 1.91. The molecule has 7 heteroatoms. The Kier molecular flexibility index (Phi) is 6.04. The molecular formula is C16H15Cl2NO3S. The van der Waals surface area contributed by atoms with Crippen molar-refractivity contribution in [2.75, 3.05) is 5.75 Å². The van der Waals surface area contributed by atoms with Crippen LogP contribution >= 0.6 is 23.2 Å². The lowest BCUT2D eigenvalue weighted by molar-refractivity contribution is -0.118. The number of amides is 1. The summed E-state index contributed by atoms with van der Waals surface area (Å²) in [4.78, 5) is 11.8. The number of hydrogen-bond acceptors (Lipinski definition) is 3. The van der Waals surface area contributed by atoms with Crippen LogP contribution in [0.4, 0.5) is 0 Å². The van der Waals surface area contributed by atoms with Crippen LogP contribution in [0.2, 0.25) is 10.0 Å². The fourth-order valence-electron chi connectivity index (χ4n) is 1.97. The van der Waals surface area contributed by atoms with Crippen LogP contribution < -0.4 is 5.32 Å². The third-order valence-electron chi connectivity index (χ3n) is 3.08. The molecule has 0 unspecified atom stereocenters. The number of halogens is 2. The third kappa shape index (κ3) is 5.86. The fraction of sp³-hybridized carbons (Fsp3) is 0.188. The van der Waals surface area contributed by atoms with Crippen molar-refractivity contribution in [3.05, 3.63) is 69.7 Å². The monoisotopic (exact) mass is 371 g/mol. The molecule has 4 nitrogen and oxygen atoms in total. The van der Waals surface area contributed by atoms with Crippen molar-refractivity contribution in [3.63, 3.8) is 0 Å². The van der Waals surface area contributed by atoms with Gasteiger partial charge in [-0.25, -0.2) is 8.42 Å². The zero-order valence-electron chi connectivity index (χ0n) is 12.1. The molecule has 0 aliphatic heterocycles. The van der Waals surface area contributed by atoms with Crippen molar-refractivity contribution >= 4 is 38.9 Å². The Hall–Kier alpha value is -1.56. The normalized spacial score (nSPS) is 11.2. The highest BCUT2D eigenvalue weighted by atomic mass is 35.5. The van der Waals surface area contributed by atoms with E-state index in [2.05, 4.69) is 5.32 Å². The number of sulfone groups is 1. The van der Waals surface area contributed by atoms with Gasteiger partial charge in [-0.1, -0.05) is 53.5 Å². The summed E-state index contributed by atoms with van der Waals surface area (Å²) in [5.41, 5.74) is 1.32. The van der Waals surface area contributed by atoms with E-state index in [1.807, 2.05) is 0 Å². The Morgan fingerprint density at radius 1 is 1.00 bits per heavy atom. The Labute approximate surface area is 145 Å². The van der Waals surface area contributed by atoms with Crippen molar-refractivity contribution in [1.29, 1.82) is 0 Å². The Bertz CT molecular complexity index is 789. The van der Waals surface area contributed by atoms with Crippen molar-refractivity contribution in [3.8, 4) is 0 Å². The van der Waals surface area contributed by atoms with E-state index in [0.29, 0.717) is 15.6 Å². The molecule has 0 heterocycles. The molecule has 0 aliphatic carbocycles. The first-order valence-electron chi connectivity index (χ1n) is 6.81. The lowest BCUT2D eigenvalue weighted by atomic mass is 10.2. The van der Waals surface area contributed by atoms with Gasteiger partial charge in [-0.2, -0.15) is 0 Å². The third-order valence-corrected chi connectivity index (χ3v) is 5.18. The van der Waals surface area contributed by atoms with E-state index in [4.69, 9.17) is 23.2 Å². The average molecular weight is 372 g/mol. The first kappa shape index (κ1) is 17.8. The smallest absolute Gasteiger partial charge is 0.235 e. The molecule has 23 heavy (non-hydrogen) atoms. The predicted octanol–water partition coefficient (Wildman–Crippen LogP) is 3.22. The highest BCUT2D eigenvalue weighted by Crippen LogP contribution is 2.15. The molecule has 122 valence electrons. The average Bonchev–Trinajstić information content (AvgIpc) is 2.48. The van der Waals surface area contributed by atoms with Crippen molar-refractivity contribution in [2.45, 2.75) is 12.3 Å². The molecule has 0 atom stereocenters. The van der Waals surface area contributed by atoms with Gasteiger partial charge in [-0.3, -0.25) is 4.79 Å². The van der Waals surface area contributed by atoms with E-state index >= 15 is 0 Å². The van der Waals surface area contributed by atoms with E-state index in [-0.39, 0.29) is 12.3 Å². The summed E-state index contributed by atoms with van der Waals surface area (Å²) in [6.45, 7) is 0.189. The quantitative estimate of drug-likeness (QED) is 0.847. The van der Waals surface area contributed by atoms with Crippen LogP contribution in [0.1, 0.15) is 11.1 Å². The van der Waals surface area contributed by atoms with Crippen LogP contribution in [0.3, 0.4) is 0 Å². The number of carbonyl (C=O) groups is 1. The van der Waals surface area contributed by atoms with Gasteiger partial charge >= 0.3 is 0 Å². The molecule has 0 radical (unpaired) electrons. The highest BCUT2D eigenvalue weighted by molar-refractivity contribution is 7.91. The number of carbonyl (C=O) groups excluding carboxylic acids is 1. The molecule has 0 fully saturated rings. The maximum atomic E-state index is 12.1. The SMILES string of the molecule is O=C(CS(=O)(=O)Cc1ccc(Cl)cc1)NCc1ccccc1Cl. The summed E-state index contributed by atoms with van der Waals surface area (Å²) in [5, 5.41) is 3.62. The highest BCUT2D eigenvalue weighted by Gasteiger charge is 2.17. The van der Waals surface area contributed by atoms with Gasteiger partial charge in [0, 0.05) is 16.6 Å². The molecule has 1 N–H and O–H groups in total. The molecular weight excluding hydrogens is 357 g/mol. The summed E-state index contributed by atoms with van der Waals surface area (Å²) in [7, 11) is -3.55. The van der Waals surface area contributed by atoms with Gasteiger partial charge in [0.25, 0.3) is 0 Å². The van der Waals surface area contributed by atoms with Crippen LogP contribution in [0.25, 0.3) is 0 Å². The van der Waals surface area contributed by atoms with Crippen LogP contribution in [0.5, 0.6) is 0 Å². The molecule has 0 spiro atoms. The summed E-state index contributed by atoms with van der Waals surface area (Å²) in [5.74, 6) is -1.33. The maximum Gasteiger partial charge on any atom is 0.235 e. The summed E-state index contributed by atoms with van der Waals surface area (Å²) >= 11 is 11.7. The van der Waals surface area contributed by atoms with Crippen LogP contribution in [-0.2, 0) is 26.9 Å². The standard InChI is InChI=1S/C16H15Cl2NO3S/c17-14-7-5-12(6-8-14)10-23(21,22)11-16(20)19-9-13-3-1-2-4-15(13)18/h1-8H,9-11H2,(H,19,20). The van der Waals surface area contributed by atoms with E-state index in [1.54, 1.807) is 48.5 Å². The van der Waals surface area contributed by atoms with Crippen molar-refractivity contribution < 1.29 is 13.2 Å². The lowest BCUT2D eigenvalue weighted by Crippen LogP contribution is -2.30. The van der Waals surface area contributed by atoms with E-state index in [9.17, 15) is 13.2 Å². The first-order chi connectivity index (χ1) is 10.9. The number of benzene rings is 2. The summed E-state index contributed by atoms with van der Waals surface area (Å²) in [6.07, 6.45) is 0. The molecule has 2 aromatic carbocycles. The number of rotatable bonds is 6. The minimum Gasteiger partial charge on any atom is -0.351 e. The largest absolute Gasteiger partial charge is 0.351 e. The summed E-state index contributed by atoms with van der Waals surface area (Å²) < 4.78 is 24.1. The molecule has 0 saturated heterocycles. The van der Waals surface area contributed by atoms with Gasteiger partial charge in [0.15, 0.2) is 9.84 Å². The van der Waals surface area contributed by atoms with Gasteiger partial charge in [0.05, 0.1) is 5.75 Å². The maximum absolute atomic E-state index is 12.1. The second-order valence-corrected chi connectivity index (χ2v) is 7.93. The van der Waals surface area contributed by atoms with Crippen LogP contribution in [0, 0.1) is 0 Å². The minimum atomic E-state index is -3.55. The van der Waals surface area contributed by atoms with E-state index in [1.165, 1.54) is 0 Å². The van der Waals surface area contributed by atoms with E-state index < -0.39 is 21.5 Å². The Morgan fingerprint density at radius 2 is 1.65 bits per heavy atom. The van der Waals surface area contributed by atoms with E-state index in [0.717, 1.165) is 5.56 Å². The molecule has 0 aliphatic rings. The summed E-state index contributed by atoms with van der Waals surface area (Å²) in [6, 6.07) is 13.5. The lowest BCUT2D eigenvalue weighted by Gasteiger charge is -2.08. The van der Waals surface area contributed by atoms with Crippen LogP contribution in [-0.4, -0.2) is 20.1 Å². The van der Waals surface area contributed by atoms with Crippen molar-refractivity contribution in [2.24, 2.45) is 0 Å². The number of hydrogen-bond donors (Lipinski definition) is 1. The van der Waals surface area contributed by atoms with Gasteiger partial charge in [0.1, 0.15) is 5.75 Å². The molecule has 2 aromatic rings. The zero-order chi connectivity index (χ0) is 16.9. The predicted molar refractivity (Wildman–Crippen MR) is 92.2 cm³/mol. The van der Waals surface area contributed by atoms with Crippen molar-refractivity contribution in [1.82, 2.24) is 5.32 Å². The van der Waals surface area contributed by atoms with Gasteiger partial charge in [-0.15, -0.1) is 0 Å². The molecule has 0 bridgehead atoms. The second-order valence-electron chi connectivity index (χ2n) is 5.03. The van der Waals surface area contributed by atoms with Gasteiger partial charge in [-0.05, 0) is 29.3 Å². The van der Waals surface area contributed by atoms with Gasteiger partial charge in [0.2, 0.25) is 5.91 Å². The zero-order valence-corrected chi connectivity index (χ0v) is 14.5. The molecule has 0 saturated carbocycles. The molecule has 0 aromatic heterocycles. The minimum absolute atomic E-state index is 0.189. The fourth-order valence-corrected chi connectivity index (χ4v) is 3.60. The Morgan fingerprint density at radius 3 is 2.30 bits per heavy atom.